The summed E-state index contributed by atoms with van der Waals surface area (Å²) in [4.78, 5) is 28.7. The first-order valence-electron chi connectivity index (χ1n) is 16.6. The average Bonchev–Trinajstić information content (AvgIpc) is 3.07. The third-order valence-corrected chi connectivity index (χ3v) is 10.4. The van der Waals surface area contributed by atoms with Gasteiger partial charge in [0.05, 0.1) is 42.0 Å². The van der Waals surface area contributed by atoms with Crippen LogP contribution in [0.15, 0.2) is 29.3 Å². The molecule has 3 aromatic carbocycles. The number of fused-ring (bicyclic) bond motifs is 3. The fourth-order valence-electron chi connectivity index (χ4n) is 7.93. The van der Waals surface area contributed by atoms with Crippen LogP contribution in [-0.4, -0.2) is 124 Å². The van der Waals surface area contributed by atoms with E-state index in [1.165, 1.54) is 20.8 Å². The highest BCUT2D eigenvalue weighted by Crippen LogP contribution is 2.57. The first-order valence-corrected chi connectivity index (χ1v) is 16.6. The highest BCUT2D eigenvalue weighted by atomic mass is 16.7. The highest BCUT2D eigenvalue weighted by molar-refractivity contribution is 6.32. The van der Waals surface area contributed by atoms with Crippen molar-refractivity contribution in [2.75, 3.05) is 6.61 Å². The maximum absolute atomic E-state index is 14.6. The molecule has 5 unspecified atom stereocenters. The lowest BCUT2D eigenvalue weighted by atomic mass is 9.73. The Labute approximate surface area is 294 Å². The molecule has 0 spiro atoms. The van der Waals surface area contributed by atoms with Crippen molar-refractivity contribution in [1.29, 1.82) is 0 Å². The van der Waals surface area contributed by atoms with Crippen LogP contribution in [0.5, 0.6) is 28.7 Å². The topological polar surface area (TPSA) is 273 Å². The monoisotopic (exact) mass is 726 g/mol. The number of Topliss-reactive ketones (excluding diaryl/α,β-unsaturated/α-hetero) is 2. The van der Waals surface area contributed by atoms with E-state index >= 15 is 0 Å². The zero-order valence-electron chi connectivity index (χ0n) is 28.2. The van der Waals surface area contributed by atoms with E-state index in [2.05, 4.69) is 0 Å². The Hall–Kier alpha value is -4.36. The Bertz CT molecular complexity index is 2050. The largest absolute Gasteiger partial charge is 0.508 e. The molecule has 0 radical (unpaired) electrons. The van der Waals surface area contributed by atoms with Crippen molar-refractivity contribution in [1.82, 2.24) is 0 Å². The average molecular weight is 727 g/mol. The molecule has 1 aliphatic carbocycles. The molecule has 3 aromatic rings. The SMILES string of the molecule is C[C@H]1O[C@H](C)[C@@H](O)C2=C1C(=O)c1c(O)cc(O)c(-c3c4c(c(O)c5c(OC6OC(CO)C(O)C(O)C6O)cc(O)cc35)[C@@H](C)O[C@H](C)[C@H]4O)c1C2=O. The molecule has 0 aromatic heterocycles. The van der Waals surface area contributed by atoms with Crippen molar-refractivity contribution >= 4 is 22.3 Å². The van der Waals surface area contributed by atoms with Gasteiger partial charge in [-0.05, 0) is 33.8 Å². The molecular formula is C36H38O16. The van der Waals surface area contributed by atoms with Gasteiger partial charge in [-0.2, -0.15) is 0 Å². The highest BCUT2D eigenvalue weighted by Gasteiger charge is 2.49. The first kappa shape index (κ1) is 36.0. The van der Waals surface area contributed by atoms with E-state index in [4.69, 9.17) is 18.9 Å². The molecule has 52 heavy (non-hydrogen) atoms. The number of ketones is 2. The second-order valence-corrected chi connectivity index (χ2v) is 13.6. The van der Waals surface area contributed by atoms with Crippen LogP contribution >= 0.6 is 0 Å². The summed E-state index contributed by atoms with van der Waals surface area (Å²) < 4.78 is 23.0. The summed E-state index contributed by atoms with van der Waals surface area (Å²) >= 11 is 0. The fourth-order valence-corrected chi connectivity index (χ4v) is 7.93. The van der Waals surface area contributed by atoms with Gasteiger partial charge in [-0.15, -0.1) is 0 Å². The number of hydrogen-bond donors (Lipinski definition) is 10. The fraction of sp³-hybridized carbons (Fsp3) is 0.444. The lowest BCUT2D eigenvalue weighted by Crippen LogP contribution is -2.60. The minimum absolute atomic E-state index is 0.0542. The van der Waals surface area contributed by atoms with Crippen LogP contribution in [0.1, 0.15) is 71.7 Å². The molecule has 1 fully saturated rings. The van der Waals surface area contributed by atoms with Crippen LogP contribution in [0.4, 0.5) is 0 Å². The van der Waals surface area contributed by atoms with Gasteiger partial charge in [-0.25, -0.2) is 0 Å². The molecule has 3 heterocycles. The summed E-state index contributed by atoms with van der Waals surface area (Å²) in [6, 6.07) is 2.97. The number of phenolic OH excluding ortho intramolecular Hbond substituents is 4. The van der Waals surface area contributed by atoms with E-state index in [1.807, 2.05) is 0 Å². The molecule has 10 N–H and O–H groups in total. The van der Waals surface area contributed by atoms with Crippen molar-refractivity contribution in [3.05, 3.63) is 51.6 Å². The predicted molar refractivity (Wildman–Crippen MR) is 176 cm³/mol. The van der Waals surface area contributed by atoms with Gasteiger partial charge in [0.2, 0.25) is 6.29 Å². The van der Waals surface area contributed by atoms with Crippen molar-refractivity contribution in [3.63, 3.8) is 0 Å². The van der Waals surface area contributed by atoms with E-state index < -0.39 is 131 Å². The summed E-state index contributed by atoms with van der Waals surface area (Å²) in [6.45, 7) is 5.31. The van der Waals surface area contributed by atoms with E-state index in [-0.39, 0.29) is 38.6 Å². The van der Waals surface area contributed by atoms with Crippen LogP contribution < -0.4 is 4.74 Å². The maximum atomic E-state index is 14.6. The number of carbonyl (C=O) groups is 2. The first-order chi connectivity index (χ1) is 24.5. The number of carbonyl (C=O) groups excluding carboxylic acids is 2. The van der Waals surface area contributed by atoms with E-state index in [1.54, 1.807) is 6.92 Å². The van der Waals surface area contributed by atoms with Gasteiger partial charge in [-0.3, -0.25) is 9.59 Å². The quantitative estimate of drug-likeness (QED) is 0.179. The number of aliphatic hydroxyl groups excluding tert-OH is 6. The van der Waals surface area contributed by atoms with Crippen molar-refractivity contribution in [2.24, 2.45) is 0 Å². The Morgan fingerprint density at radius 2 is 1.27 bits per heavy atom. The number of ether oxygens (including phenoxy) is 4. The van der Waals surface area contributed by atoms with E-state index in [9.17, 15) is 60.7 Å². The molecule has 7 rings (SSSR count). The molecule has 11 atom stereocenters. The molecule has 0 amide bonds. The molecule has 3 aliphatic heterocycles. The van der Waals surface area contributed by atoms with Crippen molar-refractivity contribution in [2.45, 2.75) is 95.0 Å². The molecule has 278 valence electrons. The number of aliphatic hydroxyl groups is 6. The Morgan fingerprint density at radius 3 is 1.94 bits per heavy atom. The van der Waals surface area contributed by atoms with Crippen LogP contribution in [0.25, 0.3) is 21.9 Å². The number of benzene rings is 3. The van der Waals surface area contributed by atoms with Crippen LogP contribution in [0, 0.1) is 0 Å². The van der Waals surface area contributed by atoms with Gasteiger partial charge in [0, 0.05) is 56.5 Å². The lowest BCUT2D eigenvalue weighted by Gasteiger charge is -2.40. The van der Waals surface area contributed by atoms with Gasteiger partial charge in [0.1, 0.15) is 65.4 Å². The standard InChI is InChI=1S/C36H38O16/c1-9-19-25(28(41)11(3)49-9)22(14-5-13(38)6-17(21(14)31(19)44)51-36-35(48)34(47)30(43)18(8-37)52-36)23-15(39)7-16(40)24-26(23)33(46)27-20(32(24)45)10(2)50-12(4)29(27)42/h5-7,9-12,18,28-30,34-44,47-48H,8H2,1-4H3/t9-,10-,11-,12-,18?,28-,29-,30?,34?,35?,36?/m1/s1. The molecular weight excluding hydrogens is 688 g/mol. The minimum Gasteiger partial charge on any atom is -0.508 e. The third-order valence-electron chi connectivity index (χ3n) is 10.4. The Kier molecular flexibility index (Phi) is 8.76. The van der Waals surface area contributed by atoms with Crippen LogP contribution in [0.3, 0.4) is 0 Å². The summed E-state index contributed by atoms with van der Waals surface area (Å²) in [7, 11) is 0. The van der Waals surface area contributed by atoms with Gasteiger partial charge in [0.15, 0.2) is 11.6 Å². The van der Waals surface area contributed by atoms with Crippen LogP contribution in [-0.2, 0) is 14.2 Å². The second kappa shape index (κ2) is 12.6. The second-order valence-electron chi connectivity index (χ2n) is 13.6. The number of hydrogen-bond acceptors (Lipinski definition) is 16. The van der Waals surface area contributed by atoms with Gasteiger partial charge in [-0.1, -0.05) is 0 Å². The van der Waals surface area contributed by atoms with Gasteiger partial charge >= 0.3 is 0 Å². The van der Waals surface area contributed by atoms with E-state index in [0.717, 1.165) is 18.2 Å². The predicted octanol–water partition coefficient (Wildman–Crippen LogP) is 0.865. The summed E-state index contributed by atoms with van der Waals surface area (Å²) in [5.74, 6) is -4.82. The lowest BCUT2D eigenvalue weighted by molar-refractivity contribution is -0.277. The zero-order valence-corrected chi connectivity index (χ0v) is 28.2. The van der Waals surface area contributed by atoms with E-state index in [0.29, 0.717) is 0 Å². The number of aromatic hydroxyl groups is 4. The molecule has 4 aliphatic rings. The molecule has 0 bridgehead atoms. The summed E-state index contributed by atoms with van der Waals surface area (Å²) in [6.07, 6.45) is -15.6. The normalized spacial score (nSPS) is 33.2. The minimum atomic E-state index is -1.91. The van der Waals surface area contributed by atoms with Gasteiger partial charge < -0.3 is 70.0 Å². The molecule has 0 saturated carbocycles. The van der Waals surface area contributed by atoms with Gasteiger partial charge in [0.25, 0.3) is 0 Å². The summed E-state index contributed by atoms with van der Waals surface area (Å²) in [5.41, 5.74) is -2.27. The van der Waals surface area contributed by atoms with Crippen molar-refractivity contribution < 1.29 is 79.6 Å². The molecule has 16 nitrogen and oxygen atoms in total. The smallest absolute Gasteiger partial charge is 0.229 e. The summed E-state index contributed by atoms with van der Waals surface area (Å²) in [5, 5.41) is 109. The molecule has 1 saturated heterocycles. The number of rotatable bonds is 4. The number of phenols is 4. The Morgan fingerprint density at radius 1 is 0.654 bits per heavy atom. The third kappa shape index (κ3) is 5.09. The Balaban J connectivity index is 1.57. The van der Waals surface area contributed by atoms with Crippen LogP contribution in [0.2, 0.25) is 0 Å². The maximum Gasteiger partial charge on any atom is 0.229 e. The molecule has 16 heteroatoms. The van der Waals surface area contributed by atoms with Crippen molar-refractivity contribution in [3.8, 4) is 39.9 Å². The zero-order chi connectivity index (χ0) is 37.8.